The van der Waals surface area contributed by atoms with Gasteiger partial charge in [0, 0.05) is 6.42 Å². The van der Waals surface area contributed by atoms with Crippen molar-refractivity contribution in [2.45, 2.75) is 38.8 Å². The maximum atomic E-state index is 11.7. The molecule has 0 spiro atoms. The molecule has 1 amide bonds. The third-order valence-corrected chi connectivity index (χ3v) is 3.18. The highest BCUT2D eigenvalue weighted by atomic mass is 127. The molecule has 0 saturated carbocycles. The van der Waals surface area contributed by atoms with Gasteiger partial charge in [0.1, 0.15) is 15.3 Å². The summed E-state index contributed by atoms with van der Waals surface area (Å²) in [4.78, 5) is 30.4. The van der Waals surface area contributed by atoms with Gasteiger partial charge < -0.3 is 19.8 Å². The molecule has 2 N–H and O–H groups in total. The molecule has 0 saturated heterocycles. The minimum atomic E-state index is -0.830. The monoisotopic (exact) mass is 395 g/mol. The summed E-state index contributed by atoms with van der Waals surface area (Å²) in [6.07, 6.45) is 1.12. The van der Waals surface area contributed by atoms with Crippen molar-refractivity contribution in [3.63, 3.8) is 0 Å². The topological polar surface area (TPSA) is 93.3 Å². The van der Waals surface area contributed by atoms with Crippen molar-refractivity contribution in [2.24, 2.45) is 0 Å². The van der Waals surface area contributed by atoms with Crippen molar-refractivity contribution >= 4 is 34.7 Å². The van der Waals surface area contributed by atoms with Gasteiger partial charge in [-0.1, -0.05) is 0 Å². The first-order valence-electron chi connectivity index (χ1n) is 5.98. The summed E-state index contributed by atoms with van der Waals surface area (Å²) in [5, 5.41) is 2.50. The number of ether oxygens (including phenoxy) is 2. The summed E-state index contributed by atoms with van der Waals surface area (Å²) >= 11 is 2.04. The van der Waals surface area contributed by atoms with Crippen LogP contribution in [0.4, 0.5) is 4.79 Å². The molecule has 1 atom stereocenters. The van der Waals surface area contributed by atoms with E-state index < -0.39 is 23.7 Å². The van der Waals surface area contributed by atoms with E-state index in [4.69, 9.17) is 4.74 Å². The average Bonchev–Trinajstić information content (AvgIpc) is 2.70. The van der Waals surface area contributed by atoms with Gasteiger partial charge in [-0.2, -0.15) is 0 Å². The molecule has 0 unspecified atom stereocenters. The zero-order valence-corrected chi connectivity index (χ0v) is 14.0. The predicted octanol–water partition coefficient (Wildman–Crippen LogP) is 1.62. The number of aromatic amines is 1. The first kappa shape index (κ1) is 16.7. The van der Waals surface area contributed by atoms with Crippen LogP contribution in [0.2, 0.25) is 0 Å². The largest absolute Gasteiger partial charge is 0.467 e. The van der Waals surface area contributed by atoms with Crippen molar-refractivity contribution in [1.82, 2.24) is 15.3 Å². The Morgan fingerprint density at radius 2 is 2.15 bits per heavy atom. The van der Waals surface area contributed by atoms with Crippen LogP contribution in [-0.2, 0) is 20.7 Å². The average molecular weight is 395 g/mol. The third kappa shape index (κ3) is 5.35. The van der Waals surface area contributed by atoms with E-state index in [0.717, 1.165) is 9.39 Å². The minimum Gasteiger partial charge on any atom is -0.467 e. The number of carbonyl (C=O) groups excluding carboxylic acids is 2. The molecule has 20 heavy (non-hydrogen) atoms. The van der Waals surface area contributed by atoms with Crippen molar-refractivity contribution in [2.75, 3.05) is 7.11 Å². The molecule has 0 aliphatic carbocycles. The van der Waals surface area contributed by atoms with Gasteiger partial charge in [0.15, 0.2) is 0 Å². The Bertz CT molecular complexity index is 481. The molecular formula is C12H18IN3O4. The Kier molecular flexibility index (Phi) is 5.78. The number of hydrogen-bond acceptors (Lipinski definition) is 5. The number of methoxy groups -OCH3 is 1. The van der Waals surface area contributed by atoms with Gasteiger partial charge in [0.2, 0.25) is 0 Å². The number of halogens is 1. The third-order valence-electron chi connectivity index (χ3n) is 2.25. The molecular weight excluding hydrogens is 377 g/mol. The Morgan fingerprint density at radius 3 is 2.60 bits per heavy atom. The summed E-state index contributed by atoms with van der Waals surface area (Å²) in [5.41, 5.74) is 0.115. The van der Waals surface area contributed by atoms with Gasteiger partial charge >= 0.3 is 12.1 Å². The molecule has 0 radical (unpaired) electrons. The highest BCUT2D eigenvalue weighted by molar-refractivity contribution is 14.1. The lowest BCUT2D eigenvalue weighted by Gasteiger charge is -2.22. The van der Waals surface area contributed by atoms with Crippen LogP contribution in [0.3, 0.4) is 0 Å². The van der Waals surface area contributed by atoms with Crippen LogP contribution in [0.15, 0.2) is 6.33 Å². The molecule has 8 heteroatoms. The van der Waals surface area contributed by atoms with E-state index in [1.54, 1.807) is 20.8 Å². The Morgan fingerprint density at radius 1 is 1.50 bits per heavy atom. The van der Waals surface area contributed by atoms with E-state index in [2.05, 4.69) is 20.0 Å². The Labute approximate surface area is 131 Å². The number of carbonyl (C=O) groups is 2. The fourth-order valence-corrected chi connectivity index (χ4v) is 1.95. The van der Waals surface area contributed by atoms with Crippen LogP contribution in [0.25, 0.3) is 0 Å². The number of alkyl carbamates (subject to hydrolysis) is 1. The number of nitrogens with one attached hydrogen (secondary N) is 2. The van der Waals surface area contributed by atoms with Crippen LogP contribution in [0.5, 0.6) is 0 Å². The second-order valence-corrected chi connectivity index (χ2v) is 6.12. The quantitative estimate of drug-likeness (QED) is 0.597. The zero-order chi connectivity index (χ0) is 15.3. The number of esters is 1. The summed E-state index contributed by atoms with van der Waals surface area (Å²) in [5.74, 6) is -0.541. The molecule has 0 aliphatic rings. The van der Waals surface area contributed by atoms with Gasteiger partial charge in [-0.25, -0.2) is 14.6 Å². The van der Waals surface area contributed by atoms with Crippen LogP contribution in [0, 0.1) is 3.70 Å². The fourth-order valence-electron chi connectivity index (χ4n) is 1.44. The SMILES string of the molecule is COC(=O)[C@H](Cc1[nH]cnc1I)NC(=O)OC(C)(C)C. The number of amides is 1. The van der Waals surface area contributed by atoms with Crippen LogP contribution >= 0.6 is 22.6 Å². The molecule has 112 valence electrons. The van der Waals surface area contributed by atoms with Gasteiger partial charge in [-0.15, -0.1) is 0 Å². The van der Waals surface area contributed by atoms with E-state index >= 15 is 0 Å². The maximum absolute atomic E-state index is 11.7. The van der Waals surface area contributed by atoms with Crippen LogP contribution in [0.1, 0.15) is 26.5 Å². The second-order valence-electron chi connectivity index (χ2n) is 5.10. The molecule has 1 aromatic rings. The van der Waals surface area contributed by atoms with Crippen molar-refractivity contribution in [3.05, 3.63) is 15.7 Å². The maximum Gasteiger partial charge on any atom is 0.408 e. The van der Waals surface area contributed by atoms with Crippen LogP contribution < -0.4 is 5.32 Å². The second kappa shape index (κ2) is 6.91. The number of hydrogen-bond donors (Lipinski definition) is 2. The predicted molar refractivity (Wildman–Crippen MR) is 80.2 cm³/mol. The summed E-state index contributed by atoms with van der Waals surface area (Å²) < 4.78 is 10.6. The molecule has 1 rings (SSSR count). The van der Waals surface area contributed by atoms with E-state index in [-0.39, 0.29) is 6.42 Å². The number of rotatable bonds is 4. The van der Waals surface area contributed by atoms with E-state index in [1.165, 1.54) is 13.4 Å². The molecule has 7 nitrogen and oxygen atoms in total. The van der Waals surface area contributed by atoms with Gasteiger partial charge in [-0.05, 0) is 43.4 Å². The first-order valence-corrected chi connectivity index (χ1v) is 7.06. The van der Waals surface area contributed by atoms with Crippen molar-refractivity contribution < 1.29 is 19.1 Å². The molecule has 0 bridgehead atoms. The summed E-state index contributed by atoms with van der Waals surface area (Å²) in [6.45, 7) is 5.24. The van der Waals surface area contributed by atoms with Gasteiger partial charge in [0.05, 0.1) is 19.1 Å². The number of H-pyrrole nitrogens is 1. The number of aromatic nitrogens is 2. The molecule has 0 aromatic carbocycles. The number of imidazole rings is 1. The normalized spacial score (nSPS) is 12.7. The lowest BCUT2D eigenvalue weighted by molar-refractivity contribution is -0.143. The Balaban J connectivity index is 2.73. The highest BCUT2D eigenvalue weighted by Gasteiger charge is 2.26. The van der Waals surface area contributed by atoms with Crippen molar-refractivity contribution in [3.8, 4) is 0 Å². The molecule has 0 aliphatic heterocycles. The lowest BCUT2D eigenvalue weighted by atomic mass is 10.1. The van der Waals surface area contributed by atoms with E-state index in [0.29, 0.717) is 0 Å². The van der Waals surface area contributed by atoms with E-state index in [1.807, 2.05) is 22.6 Å². The fraction of sp³-hybridized carbons (Fsp3) is 0.583. The molecule has 1 aromatic heterocycles. The first-order chi connectivity index (χ1) is 9.23. The smallest absolute Gasteiger partial charge is 0.408 e. The lowest BCUT2D eigenvalue weighted by Crippen LogP contribution is -2.45. The van der Waals surface area contributed by atoms with Gasteiger partial charge in [0.25, 0.3) is 0 Å². The van der Waals surface area contributed by atoms with E-state index in [9.17, 15) is 9.59 Å². The molecule has 0 fully saturated rings. The summed E-state index contributed by atoms with van der Waals surface area (Å²) in [6, 6.07) is -0.830. The Hall–Kier alpha value is -1.32. The van der Waals surface area contributed by atoms with Gasteiger partial charge in [-0.3, -0.25) is 0 Å². The standard InChI is InChI=1S/C12H18IN3O4/c1-12(2,3)20-11(18)16-8(10(17)19-4)5-7-9(13)15-6-14-7/h6,8H,5H2,1-4H3,(H,14,15)(H,16,18)/t8-/m0/s1. The van der Waals surface area contributed by atoms with Crippen molar-refractivity contribution in [1.29, 1.82) is 0 Å². The van der Waals surface area contributed by atoms with Crippen LogP contribution in [-0.4, -0.2) is 40.8 Å². The zero-order valence-electron chi connectivity index (χ0n) is 11.8. The summed E-state index contributed by atoms with van der Waals surface area (Å²) in [7, 11) is 1.27. The highest BCUT2D eigenvalue weighted by Crippen LogP contribution is 2.11. The minimum absolute atomic E-state index is 0.254. The number of nitrogens with zero attached hydrogens (tertiary/aromatic N) is 1. The molecule has 1 heterocycles.